The van der Waals surface area contributed by atoms with Gasteiger partial charge in [-0.2, -0.15) is 0 Å². The summed E-state index contributed by atoms with van der Waals surface area (Å²) in [6.45, 7) is 3.80. The largest absolute Gasteiger partial charge is 0.481 e. The molecular weight excluding hydrogens is 374 g/mol. The maximum atomic E-state index is 13.2. The molecule has 2 fully saturated rings. The van der Waals surface area contributed by atoms with Crippen molar-refractivity contribution >= 4 is 33.5 Å². The molecule has 3 heterocycles. The van der Waals surface area contributed by atoms with Gasteiger partial charge in [0.1, 0.15) is 11.5 Å². The zero-order chi connectivity index (χ0) is 17.1. The number of carbonyl (C=O) groups is 2. The molecule has 2 bridgehead atoms. The molecule has 1 amide bonds. The second-order valence-corrected chi connectivity index (χ2v) is 7.28. The maximum Gasteiger partial charge on any atom is 0.310 e. The zero-order valence-corrected chi connectivity index (χ0v) is 14.3. The predicted molar refractivity (Wildman–Crippen MR) is 91.6 cm³/mol. The van der Waals surface area contributed by atoms with Gasteiger partial charge in [-0.05, 0) is 30.7 Å². The van der Waals surface area contributed by atoms with E-state index in [0.29, 0.717) is 6.42 Å². The van der Waals surface area contributed by atoms with E-state index in [2.05, 4.69) is 22.5 Å². The van der Waals surface area contributed by atoms with Gasteiger partial charge in [-0.1, -0.05) is 34.2 Å². The Labute approximate surface area is 147 Å². The molecule has 5 atom stereocenters. The molecule has 0 aliphatic carbocycles. The normalized spacial score (nSPS) is 36.2. The summed E-state index contributed by atoms with van der Waals surface area (Å²) in [7, 11) is 0. The summed E-state index contributed by atoms with van der Waals surface area (Å²) in [5.41, 5.74) is -0.144. The Kier molecular flexibility index (Phi) is 3.44. The number of carboxylic acid groups (broad SMARTS) is 1. The van der Waals surface area contributed by atoms with Gasteiger partial charge < -0.3 is 14.7 Å². The Bertz CT molecular complexity index is 759. The highest BCUT2D eigenvalue weighted by molar-refractivity contribution is 9.10. The Hall–Kier alpha value is -1.92. The van der Waals surface area contributed by atoms with Crippen molar-refractivity contribution in [1.82, 2.24) is 0 Å². The number of carboxylic acids is 1. The molecule has 0 aromatic heterocycles. The van der Waals surface area contributed by atoms with Gasteiger partial charge in [0.2, 0.25) is 5.91 Å². The average molecular weight is 390 g/mol. The second-order valence-electron chi connectivity index (χ2n) is 6.36. The van der Waals surface area contributed by atoms with Crippen molar-refractivity contribution in [2.24, 2.45) is 11.8 Å². The van der Waals surface area contributed by atoms with Gasteiger partial charge in [-0.25, -0.2) is 0 Å². The lowest BCUT2D eigenvalue weighted by atomic mass is 9.74. The van der Waals surface area contributed by atoms with Crippen LogP contribution >= 0.6 is 15.9 Å². The van der Waals surface area contributed by atoms with E-state index >= 15 is 0 Å². The van der Waals surface area contributed by atoms with Crippen LogP contribution < -0.4 is 4.90 Å². The van der Waals surface area contributed by atoms with Gasteiger partial charge in [0, 0.05) is 10.2 Å². The number of halogens is 1. The van der Waals surface area contributed by atoms with Crippen LogP contribution in [0, 0.1) is 11.8 Å². The molecule has 6 heteroatoms. The van der Waals surface area contributed by atoms with Crippen LogP contribution in [-0.2, 0) is 14.3 Å². The Morgan fingerprint density at radius 2 is 2.12 bits per heavy atom. The van der Waals surface area contributed by atoms with Crippen LogP contribution in [0.2, 0.25) is 0 Å². The monoisotopic (exact) mass is 389 g/mol. The molecule has 3 aliphatic heterocycles. The van der Waals surface area contributed by atoms with Crippen molar-refractivity contribution in [2.45, 2.75) is 24.2 Å². The molecule has 4 rings (SSSR count). The fourth-order valence-electron chi connectivity index (χ4n) is 4.29. The quantitative estimate of drug-likeness (QED) is 0.803. The first-order valence-electron chi connectivity index (χ1n) is 7.79. The first-order valence-corrected chi connectivity index (χ1v) is 8.58. The van der Waals surface area contributed by atoms with E-state index in [1.165, 1.54) is 0 Å². The molecule has 5 nitrogen and oxygen atoms in total. The number of fused-ring (bicyclic) bond motifs is 1. The maximum absolute atomic E-state index is 13.2. The number of nitrogens with zero attached hydrogens (tertiary/aromatic N) is 1. The number of benzene rings is 1. The Balaban J connectivity index is 1.83. The molecule has 0 radical (unpaired) electrons. The van der Waals surface area contributed by atoms with Crippen LogP contribution in [0.3, 0.4) is 0 Å². The number of ether oxygens (including phenoxy) is 1. The summed E-state index contributed by atoms with van der Waals surface area (Å²) in [5.74, 6) is -2.71. The number of amides is 1. The van der Waals surface area contributed by atoms with Gasteiger partial charge in [0.25, 0.3) is 0 Å². The minimum atomic E-state index is -0.986. The molecule has 3 aliphatic rings. The van der Waals surface area contributed by atoms with E-state index in [-0.39, 0.29) is 11.9 Å². The van der Waals surface area contributed by atoms with Gasteiger partial charge in [-0.3, -0.25) is 9.59 Å². The minimum Gasteiger partial charge on any atom is -0.481 e. The molecule has 124 valence electrons. The summed E-state index contributed by atoms with van der Waals surface area (Å²) in [5, 5.41) is 9.60. The third kappa shape index (κ3) is 1.90. The van der Waals surface area contributed by atoms with Gasteiger partial charge in [0.05, 0.1) is 18.1 Å². The van der Waals surface area contributed by atoms with Crippen molar-refractivity contribution < 1.29 is 19.4 Å². The van der Waals surface area contributed by atoms with Crippen molar-refractivity contribution in [3.63, 3.8) is 0 Å². The molecule has 1 N–H and O–H groups in total. The number of aliphatic carboxylic acids is 1. The van der Waals surface area contributed by atoms with Crippen LogP contribution in [0.25, 0.3) is 0 Å². The van der Waals surface area contributed by atoms with Gasteiger partial charge in [0.15, 0.2) is 0 Å². The zero-order valence-electron chi connectivity index (χ0n) is 12.8. The van der Waals surface area contributed by atoms with E-state index in [4.69, 9.17) is 4.74 Å². The molecule has 0 saturated carbocycles. The summed E-state index contributed by atoms with van der Waals surface area (Å²) < 4.78 is 6.97. The third-order valence-electron chi connectivity index (χ3n) is 5.20. The molecule has 0 unspecified atom stereocenters. The lowest BCUT2D eigenvalue weighted by molar-refractivity contribution is -0.146. The van der Waals surface area contributed by atoms with E-state index in [1.54, 1.807) is 17.1 Å². The van der Waals surface area contributed by atoms with E-state index in [0.717, 1.165) is 10.2 Å². The Morgan fingerprint density at radius 3 is 2.75 bits per heavy atom. The van der Waals surface area contributed by atoms with Gasteiger partial charge in [-0.15, -0.1) is 6.58 Å². The summed E-state index contributed by atoms with van der Waals surface area (Å²) in [6.07, 6.45) is 5.41. The van der Waals surface area contributed by atoms with Crippen LogP contribution in [0.15, 0.2) is 53.5 Å². The van der Waals surface area contributed by atoms with Crippen molar-refractivity contribution in [3.8, 4) is 0 Å². The minimum absolute atomic E-state index is 0.191. The van der Waals surface area contributed by atoms with Crippen LogP contribution in [0.1, 0.15) is 6.42 Å². The van der Waals surface area contributed by atoms with E-state index < -0.39 is 29.5 Å². The van der Waals surface area contributed by atoms with E-state index in [9.17, 15) is 14.7 Å². The second kappa shape index (κ2) is 5.29. The molecule has 1 aromatic rings. The SMILES string of the molecule is C=CC[C@@H]1N(c2ccc(Br)cc2)C(=O)[C@H]2[C@@H](C(=O)O)[C@H]3C=C[C@@]12O3. The topological polar surface area (TPSA) is 66.8 Å². The molecule has 24 heavy (non-hydrogen) atoms. The number of anilines is 1. The fraction of sp³-hybridized carbons (Fsp3) is 0.333. The first kappa shape index (κ1) is 15.6. The lowest BCUT2D eigenvalue weighted by Crippen LogP contribution is -2.45. The summed E-state index contributed by atoms with van der Waals surface area (Å²) in [6, 6.07) is 7.13. The lowest BCUT2D eigenvalue weighted by Gasteiger charge is -2.32. The highest BCUT2D eigenvalue weighted by Crippen LogP contribution is 2.56. The first-order chi connectivity index (χ1) is 11.5. The number of hydrogen-bond donors (Lipinski definition) is 1. The third-order valence-corrected chi connectivity index (χ3v) is 5.73. The Morgan fingerprint density at radius 1 is 1.42 bits per heavy atom. The average Bonchev–Trinajstić information content (AvgIpc) is 3.18. The predicted octanol–water partition coefficient (Wildman–Crippen LogP) is 2.76. The van der Waals surface area contributed by atoms with Gasteiger partial charge >= 0.3 is 5.97 Å². The smallest absolute Gasteiger partial charge is 0.310 e. The van der Waals surface area contributed by atoms with Crippen molar-refractivity contribution in [3.05, 3.63) is 53.5 Å². The van der Waals surface area contributed by atoms with Crippen molar-refractivity contribution in [2.75, 3.05) is 4.90 Å². The summed E-state index contributed by atoms with van der Waals surface area (Å²) >= 11 is 3.39. The highest BCUT2D eigenvalue weighted by Gasteiger charge is 2.71. The van der Waals surface area contributed by atoms with Crippen LogP contribution in [0.5, 0.6) is 0 Å². The molecule has 1 aromatic carbocycles. The van der Waals surface area contributed by atoms with Crippen LogP contribution in [-0.4, -0.2) is 34.7 Å². The standard InChI is InChI=1S/C18H16BrNO4/c1-2-3-13-18-9-8-12(24-18)14(17(22)23)15(18)16(21)20(13)11-6-4-10(19)5-7-11/h2,4-9,12-15H,1,3H2,(H,22,23)/t12-,13+,14+,15-,18-/m1/s1. The van der Waals surface area contributed by atoms with Crippen LogP contribution in [0.4, 0.5) is 5.69 Å². The fourth-order valence-corrected chi connectivity index (χ4v) is 4.55. The number of rotatable bonds is 4. The number of carbonyl (C=O) groups excluding carboxylic acids is 1. The van der Waals surface area contributed by atoms with Crippen molar-refractivity contribution in [1.29, 1.82) is 0 Å². The summed E-state index contributed by atoms with van der Waals surface area (Å²) in [4.78, 5) is 26.6. The molecule has 2 saturated heterocycles. The molecular formula is C18H16BrNO4. The van der Waals surface area contributed by atoms with E-state index in [1.807, 2.05) is 30.3 Å². The number of hydrogen-bond acceptors (Lipinski definition) is 3. The molecule has 1 spiro atoms. The highest BCUT2D eigenvalue weighted by atomic mass is 79.9.